The second-order valence-corrected chi connectivity index (χ2v) is 8.61. The van der Waals surface area contributed by atoms with E-state index >= 15 is 0 Å². The minimum Gasteiger partial charge on any atom is -0.487 e. The van der Waals surface area contributed by atoms with E-state index in [1.807, 2.05) is 24.3 Å². The molecule has 3 aromatic carbocycles. The van der Waals surface area contributed by atoms with E-state index in [-0.39, 0.29) is 12.4 Å². The molecule has 1 unspecified atom stereocenters. The van der Waals surface area contributed by atoms with Crippen molar-refractivity contribution in [3.05, 3.63) is 95.3 Å². The number of halogens is 2. The molecule has 34 heavy (non-hydrogen) atoms. The molecule has 6 nitrogen and oxygen atoms in total. The standard InChI is InChI=1S/C26H23ClFN5O/c1-16-9-25(29-13-16)32-19-5-7-23-21(11-19)26(31-15-30-23)33-20-6-8-24(22(27)12-20)34-14-17-3-2-4-18(28)10-17/h2-12,15-16,29,32H,13-14H2,1H3,(H,30,31,33). The van der Waals surface area contributed by atoms with Gasteiger partial charge in [0, 0.05) is 23.3 Å². The molecular weight excluding hydrogens is 453 g/mol. The molecule has 0 spiro atoms. The largest absolute Gasteiger partial charge is 0.487 e. The van der Waals surface area contributed by atoms with Crippen LogP contribution >= 0.6 is 11.6 Å². The van der Waals surface area contributed by atoms with Gasteiger partial charge in [-0.05, 0) is 66.1 Å². The molecule has 0 saturated carbocycles. The third-order valence-electron chi connectivity index (χ3n) is 5.46. The molecule has 1 atom stereocenters. The van der Waals surface area contributed by atoms with Gasteiger partial charge in [-0.25, -0.2) is 14.4 Å². The summed E-state index contributed by atoms with van der Waals surface area (Å²) >= 11 is 6.45. The van der Waals surface area contributed by atoms with Gasteiger partial charge in [-0.15, -0.1) is 0 Å². The molecule has 0 fully saturated rings. The number of ether oxygens (including phenoxy) is 1. The summed E-state index contributed by atoms with van der Waals surface area (Å²) in [4.78, 5) is 8.81. The van der Waals surface area contributed by atoms with Gasteiger partial charge in [0.2, 0.25) is 0 Å². The van der Waals surface area contributed by atoms with Gasteiger partial charge >= 0.3 is 0 Å². The van der Waals surface area contributed by atoms with E-state index in [0.29, 0.717) is 22.5 Å². The molecule has 1 aliphatic rings. The normalized spacial score (nSPS) is 15.0. The van der Waals surface area contributed by atoms with Crippen molar-refractivity contribution in [3.63, 3.8) is 0 Å². The van der Waals surface area contributed by atoms with Gasteiger partial charge in [-0.3, -0.25) is 0 Å². The third-order valence-corrected chi connectivity index (χ3v) is 5.75. The van der Waals surface area contributed by atoms with Crippen molar-refractivity contribution in [3.8, 4) is 5.75 Å². The molecule has 0 bridgehead atoms. The van der Waals surface area contributed by atoms with Gasteiger partial charge < -0.3 is 20.7 Å². The molecule has 0 aliphatic carbocycles. The lowest BCUT2D eigenvalue weighted by Crippen LogP contribution is -2.15. The highest BCUT2D eigenvalue weighted by Crippen LogP contribution is 2.32. The molecule has 8 heteroatoms. The van der Waals surface area contributed by atoms with Gasteiger partial charge in [0.1, 0.15) is 30.3 Å². The molecule has 0 saturated heterocycles. The highest BCUT2D eigenvalue weighted by Gasteiger charge is 2.12. The van der Waals surface area contributed by atoms with Crippen molar-refractivity contribution in [2.24, 2.45) is 5.92 Å². The Kier molecular flexibility index (Phi) is 6.18. The monoisotopic (exact) mass is 475 g/mol. The van der Waals surface area contributed by atoms with Crippen LogP contribution < -0.4 is 20.7 Å². The number of hydrogen-bond acceptors (Lipinski definition) is 6. The van der Waals surface area contributed by atoms with Crippen LogP contribution in [0.25, 0.3) is 10.9 Å². The fourth-order valence-electron chi connectivity index (χ4n) is 3.77. The number of aromatic nitrogens is 2. The lowest BCUT2D eigenvalue weighted by Gasteiger charge is -2.13. The minimum atomic E-state index is -0.298. The highest BCUT2D eigenvalue weighted by atomic mass is 35.5. The van der Waals surface area contributed by atoms with Crippen molar-refractivity contribution in [2.45, 2.75) is 13.5 Å². The summed E-state index contributed by atoms with van der Waals surface area (Å²) in [6.07, 6.45) is 3.70. The summed E-state index contributed by atoms with van der Waals surface area (Å²) in [5.41, 5.74) is 3.26. The van der Waals surface area contributed by atoms with Crippen molar-refractivity contribution >= 4 is 39.7 Å². The molecule has 5 rings (SSSR count). The molecule has 2 heterocycles. The number of benzene rings is 3. The number of nitrogens with zero attached hydrogens (tertiary/aromatic N) is 2. The number of fused-ring (bicyclic) bond motifs is 1. The number of hydrogen-bond donors (Lipinski definition) is 3. The molecule has 0 amide bonds. The van der Waals surface area contributed by atoms with E-state index in [9.17, 15) is 4.39 Å². The van der Waals surface area contributed by atoms with Crippen molar-refractivity contribution < 1.29 is 9.13 Å². The Morgan fingerprint density at radius 2 is 1.91 bits per heavy atom. The molecule has 0 radical (unpaired) electrons. The van der Waals surface area contributed by atoms with E-state index in [4.69, 9.17) is 16.3 Å². The average molecular weight is 476 g/mol. The summed E-state index contributed by atoms with van der Waals surface area (Å²) in [5.74, 6) is 2.38. The van der Waals surface area contributed by atoms with E-state index < -0.39 is 0 Å². The minimum absolute atomic E-state index is 0.223. The second-order valence-electron chi connectivity index (χ2n) is 8.21. The molecule has 1 aliphatic heterocycles. The second kappa shape index (κ2) is 9.57. The summed E-state index contributed by atoms with van der Waals surface area (Å²) < 4.78 is 19.1. The van der Waals surface area contributed by atoms with Crippen LogP contribution in [0.3, 0.4) is 0 Å². The van der Waals surface area contributed by atoms with Crippen molar-refractivity contribution in [1.29, 1.82) is 0 Å². The Labute approximate surface area is 201 Å². The van der Waals surface area contributed by atoms with Gasteiger partial charge in [0.15, 0.2) is 0 Å². The predicted octanol–water partition coefficient (Wildman–Crippen LogP) is 6.24. The fourth-order valence-corrected chi connectivity index (χ4v) is 4.00. The quantitative estimate of drug-likeness (QED) is 0.294. The van der Waals surface area contributed by atoms with E-state index in [1.165, 1.54) is 18.5 Å². The van der Waals surface area contributed by atoms with Gasteiger partial charge in [-0.2, -0.15) is 0 Å². The zero-order chi connectivity index (χ0) is 23.5. The summed E-state index contributed by atoms with van der Waals surface area (Å²) in [5, 5.41) is 11.4. The first-order valence-electron chi connectivity index (χ1n) is 10.9. The summed E-state index contributed by atoms with van der Waals surface area (Å²) in [6.45, 7) is 3.32. The van der Waals surface area contributed by atoms with Crippen LogP contribution in [0.5, 0.6) is 5.75 Å². The maximum Gasteiger partial charge on any atom is 0.141 e. The number of anilines is 3. The smallest absolute Gasteiger partial charge is 0.141 e. The molecular formula is C26H23ClFN5O. The SMILES string of the molecule is CC1C=C(Nc2ccc3ncnc(Nc4ccc(OCc5cccc(F)c5)c(Cl)c4)c3c2)NC1. The van der Waals surface area contributed by atoms with Gasteiger partial charge in [-0.1, -0.05) is 30.7 Å². The Bertz CT molecular complexity index is 1380. The molecule has 4 aromatic rings. The molecule has 1 aromatic heterocycles. The van der Waals surface area contributed by atoms with Crippen LogP contribution in [0.15, 0.2) is 78.9 Å². The average Bonchev–Trinajstić information content (AvgIpc) is 3.23. The van der Waals surface area contributed by atoms with Crippen LogP contribution in [0.1, 0.15) is 12.5 Å². The Morgan fingerprint density at radius 1 is 1.06 bits per heavy atom. The Morgan fingerprint density at radius 3 is 2.71 bits per heavy atom. The number of nitrogens with one attached hydrogen (secondary N) is 3. The van der Waals surface area contributed by atoms with E-state index in [0.717, 1.165) is 40.2 Å². The highest BCUT2D eigenvalue weighted by molar-refractivity contribution is 6.32. The topological polar surface area (TPSA) is 71.1 Å². The maximum absolute atomic E-state index is 13.4. The molecule has 3 N–H and O–H groups in total. The van der Waals surface area contributed by atoms with Crippen LogP contribution in [0.2, 0.25) is 5.02 Å². The first kappa shape index (κ1) is 22.0. The Balaban J connectivity index is 1.33. The van der Waals surface area contributed by atoms with Crippen molar-refractivity contribution in [1.82, 2.24) is 15.3 Å². The third kappa shape index (κ3) is 5.05. The van der Waals surface area contributed by atoms with Gasteiger partial charge in [0.25, 0.3) is 0 Å². The summed E-state index contributed by atoms with van der Waals surface area (Å²) in [6, 6.07) is 17.7. The van der Waals surface area contributed by atoms with Crippen LogP contribution in [0.4, 0.5) is 21.6 Å². The van der Waals surface area contributed by atoms with Crippen LogP contribution in [0, 0.1) is 11.7 Å². The first-order valence-corrected chi connectivity index (χ1v) is 11.3. The van der Waals surface area contributed by atoms with Gasteiger partial charge in [0.05, 0.1) is 16.4 Å². The zero-order valence-corrected chi connectivity index (χ0v) is 19.2. The van der Waals surface area contributed by atoms with E-state index in [1.54, 1.807) is 24.3 Å². The predicted molar refractivity (Wildman–Crippen MR) is 134 cm³/mol. The van der Waals surface area contributed by atoms with Crippen LogP contribution in [-0.2, 0) is 6.61 Å². The lowest BCUT2D eigenvalue weighted by molar-refractivity contribution is 0.306. The fraction of sp³-hybridized carbons (Fsp3) is 0.154. The van der Waals surface area contributed by atoms with Crippen molar-refractivity contribution in [2.75, 3.05) is 17.2 Å². The summed E-state index contributed by atoms with van der Waals surface area (Å²) in [7, 11) is 0. The molecule has 172 valence electrons. The lowest BCUT2D eigenvalue weighted by atomic mass is 10.2. The maximum atomic E-state index is 13.4. The van der Waals surface area contributed by atoms with Crippen LogP contribution in [-0.4, -0.2) is 16.5 Å². The Hall–Kier alpha value is -3.84. The van der Waals surface area contributed by atoms with E-state index in [2.05, 4.69) is 38.9 Å². The number of rotatable bonds is 7. The zero-order valence-electron chi connectivity index (χ0n) is 18.5. The first-order chi connectivity index (χ1) is 16.5.